The van der Waals surface area contributed by atoms with E-state index in [0.717, 1.165) is 22.4 Å². The molecule has 0 radical (unpaired) electrons. The Kier molecular flexibility index (Phi) is 6.24. The number of benzene rings is 3. The first-order valence-corrected chi connectivity index (χ1v) is 9.99. The summed E-state index contributed by atoms with van der Waals surface area (Å²) in [6.07, 6.45) is 8.61. The molecule has 1 aromatic heterocycles. The number of ether oxygens (including phenoxy) is 1. The monoisotopic (exact) mass is 409 g/mol. The van der Waals surface area contributed by atoms with E-state index < -0.39 is 0 Å². The van der Waals surface area contributed by atoms with Gasteiger partial charge in [-0.2, -0.15) is 0 Å². The summed E-state index contributed by atoms with van der Waals surface area (Å²) in [5.41, 5.74) is 3.81. The van der Waals surface area contributed by atoms with Gasteiger partial charge in [-0.15, -0.1) is 0 Å². The van der Waals surface area contributed by atoms with E-state index in [1.54, 1.807) is 31.8 Å². The van der Waals surface area contributed by atoms with Crippen molar-refractivity contribution in [3.63, 3.8) is 0 Å². The smallest absolute Gasteiger partial charge is 0.244 e. The molecule has 5 heteroatoms. The Balaban J connectivity index is 1.53. The molecule has 1 heterocycles. The van der Waals surface area contributed by atoms with Crippen LogP contribution in [0.25, 0.3) is 11.8 Å². The highest BCUT2D eigenvalue weighted by Gasteiger charge is 2.15. The van der Waals surface area contributed by atoms with E-state index in [9.17, 15) is 4.79 Å². The molecular formula is C26H23N3O2. The topological polar surface area (TPSA) is 56.1 Å². The van der Waals surface area contributed by atoms with Crippen LogP contribution in [0.5, 0.6) is 5.75 Å². The van der Waals surface area contributed by atoms with Gasteiger partial charge >= 0.3 is 0 Å². The first-order valence-electron chi connectivity index (χ1n) is 9.99. The average Bonchev–Trinajstić information content (AvgIpc) is 3.37. The Morgan fingerprint density at radius 1 is 1.00 bits per heavy atom. The predicted molar refractivity (Wildman–Crippen MR) is 122 cm³/mol. The SMILES string of the molecule is COc1cc(/C=C/C(=O)NC(c2ccccc2)c2ccccc2)ccc1-n1ccnc1. The van der Waals surface area contributed by atoms with Crippen molar-refractivity contribution in [2.24, 2.45) is 0 Å². The number of aromatic nitrogens is 2. The number of imidazole rings is 1. The predicted octanol–water partition coefficient (Wildman–Crippen LogP) is 4.80. The van der Waals surface area contributed by atoms with Gasteiger partial charge in [0.15, 0.2) is 0 Å². The molecule has 0 saturated heterocycles. The number of amides is 1. The highest BCUT2D eigenvalue weighted by Crippen LogP contribution is 2.25. The number of nitrogens with zero attached hydrogens (tertiary/aromatic N) is 2. The van der Waals surface area contributed by atoms with Crippen molar-refractivity contribution < 1.29 is 9.53 Å². The number of rotatable bonds is 7. The van der Waals surface area contributed by atoms with E-state index in [1.165, 1.54) is 0 Å². The van der Waals surface area contributed by atoms with Gasteiger partial charge in [0, 0.05) is 18.5 Å². The zero-order valence-corrected chi connectivity index (χ0v) is 17.2. The molecule has 0 aliphatic heterocycles. The fourth-order valence-electron chi connectivity index (χ4n) is 3.43. The van der Waals surface area contributed by atoms with Crippen molar-refractivity contribution in [1.29, 1.82) is 0 Å². The van der Waals surface area contributed by atoms with Crippen molar-refractivity contribution in [1.82, 2.24) is 14.9 Å². The maximum atomic E-state index is 12.7. The van der Waals surface area contributed by atoms with Crippen LogP contribution in [0.1, 0.15) is 22.7 Å². The third kappa shape index (κ3) is 4.90. The summed E-state index contributed by atoms with van der Waals surface area (Å²) in [6.45, 7) is 0. The van der Waals surface area contributed by atoms with E-state index in [4.69, 9.17) is 4.74 Å². The molecule has 0 atom stereocenters. The van der Waals surface area contributed by atoms with E-state index in [1.807, 2.05) is 89.6 Å². The summed E-state index contributed by atoms with van der Waals surface area (Å²) in [6, 6.07) is 25.4. The fourth-order valence-corrected chi connectivity index (χ4v) is 3.43. The molecule has 0 unspecified atom stereocenters. The van der Waals surface area contributed by atoms with Crippen LogP contribution in [0.15, 0.2) is 104 Å². The minimum atomic E-state index is -0.224. The second-order valence-electron chi connectivity index (χ2n) is 7.00. The first-order chi connectivity index (χ1) is 15.2. The molecule has 0 fully saturated rings. The number of methoxy groups -OCH3 is 1. The number of carbonyl (C=O) groups excluding carboxylic acids is 1. The van der Waals surface area contributed by atoms with Gasteiger partial charge < -0.3 is 14.6 Å². The molecule has 4 rings (SSSR count). The molecule has 154 valence electrons. The highest BCUT2D eigenvalue weighted by molar-refractivity contribution is 5.92. The first kappa shape index (κ1) is 20.2. The third-order valence-corrected chi connectivity index (χ3v) is 4.97. The molecule has 0 spiro atoms. The summed E-state index contributed by atoms with van der Waals surface area (Å²) >= 11 is 0. The zero-order chi connectivity index (χ0) is 21.5. The summed E-state index contributed by atoms with van der Waals surface area (Å²) in [5, 5.41) is 3.11. The van der Waals surface area contributed by atoms with Gasteiger partial charge in [0.1, 0.15) is 5.75 Å². The number of hydrogen-bond donors (Lipinski definition) is 1. The summed E-state index contributed by atoms with van der Waals surface area (Å²) in [7, 11) is 1.63. The van der Waals surface area contributed by atoms with Crippen LogP contribution in [0.4, 0.5) is 0 Å². The molecule has 1 N–H and O–H groups in total. The summed E-state index contributed by atoms with van der Waals surface area (Å²) < 4.78 is 7.39. The van der Waals surface area contributed by atoms with E-state index >= 15 is 0 Å². The fraction of sp³-hybridized carbons (Fsp3) is 0.0769. The Labute approximate surface area is 181 Å². The van der Waals surface area contributed by atoms with Gasteiger partial charge in [-0.3, -0.25) is 4.79 Å². The number of carbonyl (C=O) groups is 1. The molecule has 0 aliphatic rings. The lowest BCUT2D eigenvalue weighted by Crippen LogP contribution is -2.27. The van der Waals surface area contributed by atoms with Crippen LogP contribution in [0.2, 0.25) is 0 Å². The molecule has 0 bridgehead atoms. The molecule has 0 aliphatic carbocycles. The molecule has 0 saturated carbocycles. The van der Waals surface area contributed by atoms with Crippen molar-refractivity contribution >= 4 is 12.0 Å². The van der Waals surface area contributed by atoms with Crippen LogP contribution in [-0.4, -0.2) is 22.6 Å². The van der Waals surface area contributed by atoms with Gasteiger partial charge in [0.25, 0.3) is 0 Å². The van der Waals surface area contributed by atoms with Gasteiger partial charge in [-0.05, 0) is 34.9 Å². The second kappa shape index (κ2) is 9.59. The lowest BCUT2D eigenvalue weighted by atomic mass is 9.98. The second-order valence-corrected chi connectivity index (χ2v) is 7.00. The molecule has 1 amide bonds. The van der Waals surface area contributed by atoms with Gasteiger partial charge in [-0.25, -0.2) is 4.98 Å². The van der Waals surface area contributed by atoms with Gasteiger partial charge in [0.05, 0.1) is 25.2 Å². The minimum Gasteiger partial charge on any atom is -0.495 e. The van der Waals surface area contributed by atoms with Gasteiger partial charge in [-0.1, -0.05) is 66.7 Å². The van der Waals surface area contributed by atoms with Gasteiger partial charge in [0.2, 0.25) is 5.91 Å². The number of nitrogens with one attached hydrogen (secondary N) is 1. The van der Waals surface area contributed by atoms with Crippen LogP contribution in [0.3, 0.4) is 0 Å². The Bertz CT molecular complexity index is 1110. The molecule has 5 nitrogen and oxygen atoms in total. The zero-order valence-electron chi connectivity index (χ0n) is 17.2. The van der Waals surface area contributed by atoms with Crippen molar-refractivity contribution in [3.05, 3.63) is 120 Å². The van der Waals surface area contributed by atoms with Crippen molar-refractivity contribution in [2.45, 2.75) is 6.04 Å². The van der Waals surface area contributed by atoms with E-state index in [2.05, 4.69) is 10.3 Å². The maximum absolute atomic E-state index is 12.7. The lowest BCUT2D eigenvalue weighted by Gasteiger charge is -2.19. The van der Waals surface area contributed by atoms with E-state index in [-0.39, 0.29) is 11.9 Å². The molecule has 31 heavy (non-hydrogen) atoms. The van der Waals surface area contributed by atoms with Crippen LogP contribution >= 0.6 is 0 Å². The molecule has 4 aromatic rings. The average molecular weight is 409 g/mol. The Morgan fingerprint density at radius 2 is 1.68 bits per heavy atom. The van der Waals surface area contributed by atoms with E-state index in [0.29, 0.717) is 5.75 Å². The standard InChI is InChI=1S/C26H23N3O2/c1-31-24-18-20(12-14-23(24)29-17-16-27-19-29)13-15-25(30)28-26(21-8-4-2-5-9-21)22-10-6-3-7-11-22/h2-19,26H,1H3,(H,28,30)/b15-13+. The number of hydrogen-bond acceptors (Lipinski definition) is 3. The molecular weight excluding hydrogens is 386 g/mol. The van der Waals surface area contributed by atoms with Crippen molar-refractivity contribution in [3.8, 4) is 11.4 Å². The maximum Gasteiger partial charge on any atom is 0.244 e. The van der Waals surface area contributed by atoms with Crippen LogP contribution < -0.4 is 10.1 Å². The normalized spacial score (nSPS) is 11.0. The largest absolute Gasteiger partial charge is 0.495 e. The third-order valence-electron chi connectivity index (χ3n) is 4.97. The van der Waals surface area contributed by atoms with Crippen LogP contribution in [-0.2, 0) is 4.79 Å². The minimum absolute atomic E-state index is 0.171. The lowest BCUT2D eigenvalue weighted by molar-refractivity contribution is -0.116. The summed E-state index contributed by atoms with van der Waals surface area (Å²) in [5.74, 6) is 0.530. The Morgan fingerprint density at radius 3 is 2.26 bits per heavy atom. The quantitative estimate of drug-likeness (QED) is 0.446. The molecule has 3 aromatic carbocycles. The summed E-state index contributed by atoms with van der Waals surface area (Å²) in [4.78, 5) is 16.8. The Hall–Kier alpha value is -4.12. The van der Waals surface area contributed by atoms with Crippen LogP contribution in [0, 0.1) is 0 Å². The van der Waals surface area contributed by atoms with Crippen molar-refractivity contribution in [2.75, 3.05) is 7.11 Å². The highest BCUT2D eigenvalue weighted by atomic mass is 16.5.